The molecule has 0 aliphatic heterocycles. The molecular formula is C9H16F3N. The standard InChI is InChI=1S/C9H16F3N/c1-2-3-6-13-8(7-4-5-7)9(10,11)12/h7-8,13H,2-6H2,1H3. The molecule has 1 saturated carbocycles. The number of hydrogen-bond acceptors (Lipinski definition) is 1. The quantitative estimate of drug-likeness (QED) is 0.665. The van der Waals surface area contributed by atoms with Crippen LogP contribution in [0.5, 0.6) is 0 Å². The van der Waals surface area contributed by atoms with Crippen LogP contribution in [0.25, 0.3) is 0 Å². The number of nitrogens with one attached hydrogen (secondary N) is 1. The van der Waals surface area contributed by atoms with Crippen molar-refractivity contribution in [3.63, 3.8) is 0 Å². The molecule has 0 radical (unpaired) electrons. The maximum atomic E-state index is 12.4. The molecule has 0 aromatic carbocycles. The van der Waals surface area contributed by atoms with Crippen LogP contribution in [0.3, 0.4) is 0 Å². The summed E-state index contributed by atoms with van der Waals surface area (Å²) in [5.74, 6) is -0.156. The van der Waals surface area contributed by atoms with Gasteiger partial charge in [-0.2, -0.15) is 13.2 Å². The fraction of sp³-hybridized carbons (Fsp3) is 1.00. The van der Waals surface area contributed by atoms with Crippen LogP contribution in [0.1, 0.15) is 32.6 Å². The van der Waals surface area contributed by atoms with Crippen LogP contribution in [0.2, 0.25) is 0 Å². The number of halogens is 3. The first-order chi connectivity index (χ1) is 6.05. The van der Waals surface area contributed by atoms with Gasteiger partial charge in [0.25, 0.3) is 0 Å². The van der Waals surface area contributed by atoms with Crippen LogP contribution in [-0.2, 0) is 0 Å². The van der Waals surface area contributed by atoms with Crippen molar-refractivity contribution in [3.05, 3.63) is 0 Å². The topological polar surface area (TPSA) is 12.0 Å². The molecule has 0 bridgehead atoms. The lowest BCUT2D eigenvalue weighted by atomic mass is 10.1. The van der Waals surface area contributed by atoms with E-state index in [9.17, 15) is 13.2 Å². The third-order valence-electron chi connectivity index (χ3n) is 2.34. The summed E-state index contributed by atoms with van der Waals surface area (Å²) in [5.41, 5.74) is 0. The van der Waals surface area contributed by atoms with Crippen LogP contribution in [0, 0.1) is 5.92 Å². The third kappa shape index (κ3) is 3.55. The predicted molar refractivity (Wildman–Crippen MR) is 45.5 cm³/mol. The summed E-state index contributed by atoms with van der Waals surface area (Å²) in [7, 11) is 0. The molecule has 0 saturated heterocycles. The van der Waals surface area contributed by atoms with Gasteiger partial charge in [0.05, 0.1) is 0 Å². The van der Waals surface area contributed by atoms with Crippen molar-refractivity contribution < 1.29 is 13.2 Å². The number of alkyl halides is 3. The molecule has 1 rings (SSSR count). The summed E-state index contributed by atoms with van der Waals surface area (Å²) in [4.78, 5) is 0. The summed E-state index contributed by atoms with van der Waals surface area (Å²) in [6.07, 6.45) is -0.858. The second-order valence-electron chi connectivity index (χ2n) is 3.66. The lowest BCUT2D eigenvalue weighted by molar-refractivity contribution is -0.160. The molecule has 0 spiro atoms. The minimum absolute atomic E-state index is 0.156. The van der Waals surface area contributed by atoms with Gasteiger partial charge in [-0.05, 0) is 31.7 Å². The van der Waals surface area contributed by atoms with Gasteiger partial charge in [0.1, 0.15) is 6.04 Å². The van der Waals surface area contributed by atoms with Crippen LogP contribution in [-0.4, -0.2) is 18.8 Å². The van der Waals surface area contributed by atoms with Gasteiger partial charge in [0, 0.05) is 0 Å². The zero-order valence-corrected chi connectivity index (χ0v) is 7.82. The predicted octanol–water partition coefficient (Wildman–Crippen LogP) is 2.72. The summed E-state index contributed by atoms with van der Waals surface area (Å²) >= 11 is 0. The van der Waals surface area contributed by atoms with Gasteiger partial charge in [-0.15, -0.1) is 0 Å². The Morgan fingerprint density at radius 1 is 1.38 bits per heavy atom. The first kappa shape index (κ1) is 10.8. The van der Waals surface area contributed by atoms with E-state index in [0.29, 0.717) is 6.54 Å². The number of hydrogen-bond donors (Lipinski definition) is 1. The highest BCUT2D eigenvalue weighted by atomic mass is 19.4. The molecule has 13 heavy (non-hydrogen) atoms. The van der Waals surface area contributed by atoms with Crippen LogP contribution < -0.4 is 5.32 Å². The Bertz CT molecular complexity index is 151. The van der Waals surface area contributed by atoms with Crippen molar-refractivity contribution in [1.82, 2.24) is 5.32 Å². The Labute approximate surface area is 76.7 Å². The molecule has 1 aliphatic carbocycles. The largest absolute Gasteiger partial charge is 0.404 e. The first-order valence-corrected chi connectivity index (χ1v) is 4.85. The highest BCUT2D eigenvalue weighted by Crippen LogP contribution is 2.39. The molecule has 0 heterocycles. The molecule has 0 amide bonds. The Morgan fingerprint density at radius 2 is 2.00 bits per heavy atom. The Hall–Kier alpha value is -0.250. The van der Waals surface area contributed by atoms with E-state index in [1.165, 1.54) is 0 Å². The molecule has 4 heteroatoms. The zero-order chi connectivity index (χ0) is 9.90. The minimum Gasteiger partial charge on any atom is -0.306 e. The smallest absolute Gasteiger partial charge is 0.306 e. The van der Waals surface area contributed by atoms with Gasteiger partial charge >= 0.3 is 6.18 Å². The minimum atomic E-state index is -4.06. The van der Waals surface area contributed by atoms with Gasteiger partial charge in [0.2, 0.25) is 0 Å². The Balaban J connectivity index is 2.30. The highest BCUT2D eigenvalue weighted by molar-refractivity contribution is 4.90. The fourth-order valence-electron chi connectivity index (χ4n) is 1.41. The van der Waals surface area contributed by atoms with Gasteiger partial charge in [0.15, 0.2) is 0 Å². The third-order valence-corrected chi connectivity index (χ3v) is 2.34. The molecule has 0 aromatic rings. The molecule has 1 N–H and O–H groups in total. The molecule has 0 aromatic heterocycles. The van der Waals surface area contributed by atoms with Crippen molar-refractivity contribution in [2.45, 2.75) is 44.8 Å². The molecule has 1 fully saturated rings. The molecule has 1 atom stereocenters. The monoisotopic (exact) mass is 195 g/mol. The molecule has 1 nitrogen and oxygen atoms in total. The lowest BCUT2D eigenvalue weighted by Gasteiger charge is -2.21. The second kappa shape index (κ2) is 4.31. The maximum Gasteiger partial charge on any atom is 0.404 e. The second-order valence-corrected chi connectivity index (χ2v) is 3.66. The molecular weight excluding hydrogens is 179 g/mol. The average molecular weight is 195 g/mol. The first-order valence-electron chi connectivity index (χ1n) is 4.85. The normalized spacial score (nSPS) is 20.3. The number of unbranched alkanes of at least 4 members (excludes halogenated alkanes) is 1. The molecule has 1 aliphatic rings. The van der Waals surface area contributed by atoms with Gasteiger partial charge in [-0.1, -0.05) is 13.3 Å². The lowest BCUT2D eigenvalue weighted by Crippen LogP contribution is -2.44. The highest BCUT2D eigenvalue weighted by Gasteiger charge is 2.48. The van der Waals surface area contributed by atoms with E-state index in [4.69, 9.17) is 0 Å². The van der Waals surface area contributed by atoms with Crippen LogP contribution in [0.15, 0.2) is 0 Å². The Kier molecular flexibility index (Phi) is 3.59. The molecule has 78 valence electrons. The summed E-state index contributed by atoms with van der Waals surface area (Å²) in [5, 5.41) is 2.60. The van der Waals surface area contributed by atoms with E-state index in [-0.39, 0.29) is 5.92 Å². The van der Waals surface area contributed by atoms with Crippen LogP contribution >= 0.6 is 0 Å². The van der Waals surface area contributed by atoms with Crippen molar-refractivity contribution >= 4 is 0 Å². The Morgan fingerprint density at radius 3 is 2.38 bits per heavy atom. The SMILES string of the molecule is CCCCNC(C1CC1)C(F)(F)F. The van der Waals surface area contributed by atoms with Gasteiger partial charge < -0.3 is 5.32 Å². The summed E-state index contributed by atoms with van der Waals surface area (Å²) in [6.45, 7) is 2.46. The van der Waals surface area contributed by atoms with Crippen LogP contribution in [0.4, 0.5) is 13.2 Å². The van der Waals surface area contributed by atoms with E-state index in [1.807, 2.05) is 6.92 Å². The van der Waals surface area contributed by atoms with E-state index < -0.39 is 12.2 Å². The fourth-order valence-corrected chi connectivity index (χ4v) is 1.41. The zero-order valence-electron chi connectivity index (χ0n) is 7.82. The van der Waals surface area contributed by atoms with Crippen molar-refractivity contribution in [3.8, 4) is 0 Å². The molecule has 1 unspecified atom stereocenters. The van der Waals surface area contributed by atoms with E-state index in [0.717, 1.165) is 25.7 Å². The summed E-state index contributed by atoms with van der Waals surface area (Å²) < 4.78 is 37.1. The van der Waals surface area contributed by atoms with Gasteiger partial charge in [-0.3, -0.25) is 0 Å². The van der Waals surface area contributed by atoms with Gasteiger partial charge in [-0.25, -0.2) is 0 Å². The van der Waals surface area contributed by atoms with Crippen molar-refractivity contribution in [2.75, 3.05) is 6.54 Å². The van der Waals surface area contributed by atoms with Crippen molar-refractivity contribution in [1.29, 1.82) is 0 Å². The summed E-state index contributed by atoms with van der Waals surface area (Å²) in [6, 6.07) is -1.25. The van der Waals surface area contributed by atoms with E-state index >= 15 is 0 Å². The van der Waals surface area contributed by atoms with Crippen molar-refractivity contribution in [2.24, 2.45) is 5.92 Å². The maximum absolute atomic E-state index is 12.4. The van der Waals surface area contributed by atoms with E-state index in [1.54, 1.807) is 0 Å². The average Bonchev–Trinajstić information content (AvgIpc) is 2.78. The number of rotatable bonds is 5. The van der Waals surface area contributed by atoms with E-state index in [2.05, 4.69) is 5.32 Å².